The fourth-order valence-electron chi connectivity index (χ4n) is 1.53. The maximum atomic E-state index is 13.4. The van der Waals surface area contributed by atoms with Gasteiger partial charge in [-0.05, 0) is 24.5 Å². The summed E-state index contributed by atoms with van der Waals surface area (Å²) in [4.78, 5) is 15.9. The van der Waals surface area contributed by atoms with E-state index in [1.165, 1.54) is 11.8 Å². The van der Waals surface area contributed by atoms with Gasteiger partial charge < -0.3 is 5.32 Å². The van der Waals surface area contributed by atoms with Gasteiger partial charge in [-0.2, -0.15) is 4.39 Å². The van der Waals surface area contributed by atoms with E-state index >= 15 is 0 Å². The number of nitrogens with one attached hydrogen (secondary N) is 1. The molecule has 98 valence electrons. The highest BCUT2D eigenvalue weighted by Gasteiger charge is 2.16. The second-order valence-corrected chi connectivity index (χ2v) is 4.47. The van der Waals surface area contributed by atoms with Gasteiger partial charge in [0.25, 0.3) is 5.91 Å². The molecule has 0 aliphatic heterocycles. The SMILES string of the molecule is CSc1ccccc1NC(=O)c1ccnc(F)c1F. The van der Waals surface area contributed by atoms with Crippen LogP contribution >= 0.6 is 11.8 Å². The summed E-state index contributed by atoms with van der Waals surface area (Å²) in [5.74, 6) is -3.24. The number of halogens is 2. The highest BCUT2D eigenvalue weighted by molar-refractivity contribution is 7.98. The molecule has 0 atom stereocenters. The van der Waals surface area contributed by atoms with Gasteiger partial charge in [-0.3, -0.25) is 4.79 Å². The summed E-state index contributed by atoms with van der Waals surface area (Å²) in [6, 6.07) is 8.23. The predicted molar refractivity (Wildman–Crippen MR) is 70.3 cm³/mol. The number of hydrogen-bond donors (Lipinski definition) is 1. The number of para-hydroxylation sites is 1. The molecule has 1 aromatic carbocycles. The molecular weight excluding hydrogens is 270 g/mol. The normalized spacial score (nSPS) is 10.3. The van der Waals surface area contributed by atoms with Gasteiger partial charge in [0.05, 0.1) is 11.3 Å². The number of carbonyl (C=O) groups is 1. The van der Waals surface area contributed by atoms with E-state index in [2.05, 4.69) is 10.3 Å². The summed E-state index contributed by atoms with van der Waals surface area (Å²) in [5.41, 5.74) is 0.181. The lowest BCUT2D eigenvalue weighted by Crippen LogP contribution is -2.15. The number of hydrogen-bond acceptors (Lipinski definition) is 3. The molecule has 0 bridgehead atoms. The molecule has 0 saturated carbocycles. The molecule has 1 heterocycles. The van der Waals surface area contributed by atoms with Crippen molar-refractivity contribution in [1.82, 2.24) is 4.98 Å². The lowest BCUT2D eigenvalue weighted by atomic mass is 10.2. The lowest BCUT2D eigenvalue weighted by Gasteiger charge is -2.09. The van der Waals surface area contributed by atoms with Crippen molar-refractivity contribution in [1.29, 1.82) is 0 Å². The van der Waals surface area contributed by atoms with E-state index in [1.54, 1.807) is 12.1 Å². The summed E-state index contributed by atoms with van der Waals surface area (Å²) in [7, 11) is 0. The Labute approximate surface area is 113 Å². The molecule has 3 nitrogen and oxygen atoms in total. The summed E-state index contributed by atoms with van der Waals surface area (Å²) >= 11 is 1.45. The Kier molecular flexibility index (Phi) is 4.11. The van der Waals surface area contributed by atoms with Gasteiger partial charge in [0.1, 0.15) is 0 Å². The Balaban J connectivity index is 2.28. The first kappa shape index (κ1) is 13.5. The van der Waals surface area contributed by atoms with Gasteiger partial charge in [-0.25, -0.2) is 9.37 Å². The van der Waals surface area contributed by atoms with Gasteiger partial charge in [-0.1, -0.05) is 12.1 Å². The van der Waals surface area contributed by atoms with Crippen LogP contribution in [0.25, 0.3) is 0 Å². The van der Waals surface area contributed by atoms with Crippen molar-refractivity contribution in [2.45, 2.75) is 4.90 Å². The second-order valence-electron chi connectivity index (χ2n) is 3.62. The molecule has 2 rings (SSSR count). The Bertz CT molecular complexity index is 619. The Morgan fingerprint density at radius 3 is 2.74 bits per heavy atom. The van der Waals surface area contributed by atoms with Crippen LogP contribution in [0.15, 0.2) is 41.4 Å². The fraction of sp³-hybridized carbons (Fsp3) is 0.0769. The largest absolute Gasteiger partial charge is 0.321 e. The zero-order valence-electron chi connectivity index (χ0n) is 9.98. The van der Waals surface area contributed by atoms with Crippen LogP contribution in [0.3, 0.4) is 0 Å². The van der Waals surface area contributed by atoms with Gasteiger partial charge in [0, 0.05) is 11.1 Å². The van der Waals surface area contributed by atoms with Crippen LogP contribution in [-0.4, -0.2) is 17.1 Å². The monoisotopic (exact) mass is 280 g/mol. The van der Waals surface area contributed by atoms with Crippen LogP contribution < -0.4 is 5.32 Å². The van der Waals surface area contributed by atoms with Crippen molar-refractivity contribution >= 4 is 23.4 Å². The smallest absolute Gasteiger partial charge is 0.258 e. The van der Waals surface area contributed by atoms with Crippen LogP contribution in [0, 0.1) is 11.8 Å². The first-order chi connectivity index (χ1) is 9.13. The van der Waals surface area contributed by atoms with E-state index in [9.17, 15) is 13.6 Å². The van der Waals surface area contributed by atoms with Crippen molar-refractivity contribution in [2.75, 3.05) is 11.6 Å². The lowest BCUT2D eigenvalue weighted by molar-refractivity contribution is 0.102. The molecule has 1 N–H and O–H groups in total. The fourth-order valence-corrected chi connectivity index (χ4v) is 2.08. The van der Waals surface area contributed by atoms with Crippen LogP contribution in [0.1, 0.15) is 10.4 Å². The molecular formula is C13H10F2N2OS. The van der Waals surface area contributed by atoms with Crippen LogP contribution in [0.5, 0.6) is 0 Å². The number of amides is 1. The van der Waals surface area contributed by atoms with E-state index < -0.39 is 17.7 Å². The zero-order valence-corrected chi connectivity index (χ0v) is 10.8. The Morgan fingerprint density at radius 1 is 1.26 bits per heavy atom. The zero-order chi connectivity index (χ0) is 13.8. The predicted octanol–water partition coefficient (Wildman–Crippen LogP) is 3.33. The van der Waals surface area contributed by atoms with Crippen molar-refractivity contribution in [3.63, 3.8) is 0 Å². The number of anilines is 1. The molecule has 0 fully saturated rings. The summed E-state index contributed by atoms with van der Waals surface area (Å²) in [6.45, 7) is 0. The third-order valence-electron chi connectivity index (χ3n) is 2.45. The van der Waals surface area contributed by atoms with E-state index in [-0.39, 0.29) is 5.56 Å². The van der Waals surface area contributed by atoms with Gasteiger partial charge in [-0.15, -0.1) is 11.8 Å². The summed E-state index contributed by atoms with van der Waals surface area (Å²) in [5, 5.41) is 2.55. The van der Waals surface area contributed by atoms with Crippen LogP contribution in [0.4, 0.5) is 14.5 Å². The highest BCUT2D eigenvalue weighted by atomic mass is 32.2. The van der Waals surface area contributed by atoms with Crippen molar-refractivity contribution < 1.29 is 13.6 Å². The Morgan fingerprint density at radius 2 is 2.00 bits per heavy atom. The second kappa shape index (κ2) is 5.79. The molecule has 0 radical (unpaired) electrons. The maximum absolute atomic E-state index is 13.4. The van der Waals surface area contributed by atoms with E-state index in [0.717, 1.165) is 17.2 Å². The summed E-state index contributed by atoms with van der Waals surface area (Å²) in [6.07, 6.45) is 2.91. The molecule has 1 amide bonds. The number of pyridine rings is 1. The Hall–Kier alpha value is -1.95. The van der Waals surface area contributed by atoms with E-state index in [1.807, 2.05) is 18.4 Å². The number of thioether (sulfide) groups is 1. The van der Waals surface area contributed by atoms with Gasteiger partial charge in [0.15, 0.2) is 5.82 Å². The molecule has 0 aliphatic rings. The average Bonchev–Trinajstić information content (AvgIpc) is 2.42. The van der Waals surface area contributed by atoms with Crippen molar-refractivity contribution in [2.24, 2.45) is 0 Å². The molecule has 19 heavy (non-hydrogen) atoms. The van der Waals surface area contributed by atoms with E-state index in [4.69, 9.17) is 0 Å². The molecule has 0 aliphatic carbocycles. The standard InChI is InChI=1S/C13H10F2N2OS/c1-19-10-5-3-2-4-9(10)17-13(18)8-6-7-16-12(15)11(8)14/h2-7H,1H3,(H,17,18). The quantitative estimate of drug-likeness (QED) is 0.692. The number of aromatic nitrogens is 1. The minimum absolute atomic E-state index is 0.372. The van der Waals surface area contributed by atoms with Crippen LogP contribution in [0.2, 0.25) is 0 Å². The van der Waals surface area contributed by atoms with Gasteiger partial charge >= 0.3 is 0 Å². The number of benzene rings is 1. The maximum Gasteiger partial charge on any atom is 0.258 e. The van der Waals surface area contributed by atoms with Gasteiger partial charge in [0.2, 0.25) is 5.95 Å². The molecule has 1 aromatic heterocycles. The third-order valence-corrected chi connectivity index (χ3v) is 3.24. The van der Waals surface area contributed by atoms with E-state index in [0.29, 0.717) is 5.69 Å². The molecule has 0 unspecified atom stereocenters. The number of nitrogens with zero attached hydrogens (tertiary/aromatic N) is 1. The molecule has 0 saturated heterocycles. The number of carbonyl (C=O) groups excluding carboxylic acids is 1. The van der Waals surface area contributed by atoms with Crippen molar-refractivity contribution in [3.05, 3.63) is 53.9 Å². The number of rotatable bonds is 3. The molecule has 2 aromatic rings. The average molecular weight is 280 g/mol. The molecule has 6 heteroatoms. The van der Waals surface area contributed by atoms with Crippen LogP contribution in [-0.2, 0) is 0 Å². The minimum atomic E-state index is -1.29. The molecule has 0 spiro atoms. The minimum Gasteiger partial charge on any atom is -0.321 e. The third kappa shape index (κ3) is 2.90. The summed E-state index contributed by atoms with van der Waals surface area (Å²) < 4.78 is 26.4. The first-order valence-electron chi connectivity index (χ1n) is 5.38. The topological polar surface area (TPSA) is 42.0 Å². The van der Waals surface area contributed by atoms with Crippen molar-refractivity contribution in [3.8, 4) is 0 Å². The highest BCUT2D eigenvalue weighted by Crippen LogP contribution is 2.25. The first-order valence-corrected chi connectivity index (χ1v) is 6.60.